The monoisotopic (exact) mass is 348 g/mol. The van der Waals surface area contributed by atoms with Gasteiger partial charge in [-0.2, -0.15) is 0 Å². The Labute approximate surface area is 132 Å². The number of methoxy groups -OCH3 is 1. The smallest absolute Gasteiger partial charge is 0.251 e. The van der Waals surface area contributed by atoms with Crippen LogP contribution in [0.25, 0.3) is 0 Å². The lowest BCUT2D eigenvalue weighted by Gasteiger charge is -2.10. The summed E-state index contributed by atoms with van der Waals surface area (Å²) >= 11 is 3.37. The molecule has 0 saturated carbocycles. The van der Waals surface area contributed by atoms with Gasteiger partial charge in [-0.1, -0.05) is 24.3 Å². The van der Waals surface area contributed by atoms with Gasteiger partial charge in [-0.25, -0.2) is 0 Å². The summed E-state index contributed by atoms with van der Waals surface area (Å²) in [5.41, 5.74) is 8.33. The molecule has 4 nitrogen and oxygen atoms in total. The molecule has 0 aliphatic heterocycles. The molecule has 0 spiro atoms. The summed E-state index contributed by atoms with van der Waals surface area (Å²) in [6.45, 7) is 0.913. The molecule has 2 rings (SSSR count). The normalized spacial score (nSPS) is 10.2. The second-order valence-corrected chi connectivity index (χ2v) is 5.36. The number of nitrogens with one attached hydrogen (secondary N) is 1. The summed E-state index contributed by atoms with van der Waals surface area (Å²) in [5.74, 6) is 0.560. The molecule has 5 heteroatoms. The van der Waals surface area contributed by atoms with E-state index in [1.165, 1.54) is 0 Å². The molecule has 0 bridgehead atoms. The minimum Gasteiger partial charge on any atom is -0.496 e. The van der Waals surface area contributed by atoms with Gasteiger partial charge in [0.1, 0.15) is 5.75 Å². The van der Waals surface area contributed by atoms with Crippen LogP contribution in [-0.4, -0.2) is 13.0 Å². The topological polar surface area (TPSA) is 64.3 Å². The van der Waals surface area contributed by atoms with Gasteiger partial charge in [0.2, 0.25) is 0 Å². The Morgan fingerprint density at radius 1 is 1.24 bits per heavy atom. The highest BCUT2D eigenvalue weighted by Crippen LogP contribution is 2.25. The fourth-order valence-electron chi connectivity index (χ4n) is 2.01. The maximum absolute atomic E-state index is 12.2. The van der Waals surface area contributed by atoms with Crippen LogP contribution in [0.15, 0.2) is 46.9 Å². The average Bonchev–Trinajstić information content (AvgIpc) is 2.52. The molecule has 0 saturated heterocycles. The third kappa shape index (κ3) is 3.83. The standard InChI is InChI=1S/C16H17BrN2O2/c1-21-15-7-6-11(8-14(15)17)16(20)19-10-13-5-3-2-4-12(13)9-18/h2-8H,9-10,18H2,1H3,(H,19,20). The second-order valence-electron chi connectivity index (χ2n) is 4.50. The van der Waals surface area contributed by atoms with Crippen molar-refractivity contribution in [2.24, 2.45) is 5.73 Å². The lowest BCUT2D eigenvalue weighted by molar-refractivity contribution is 0.0950. The molecule has 0 unspecified atom stereocenters. The van der Waals surface area contributed by atoms with Crippen LogP contribution >= 0.6 is 15.9 Å². The van der Waals surface area contributed by atoms with E-state index in [9.17, 15) is 4.79 Å². The van der Waals surface area contributed by atoms with E-state index in [1.54, 1.807) is 25.3 Å². The van der Waals surface area contributed by atoms with Gasteiger partial charge < -0.3 is 15.8 Å². The zero-order valence-corrected chi connectivity index (χ0v) is 13.3. The predicted molar refractivity (Wildman–Crippen MR) is 86.2 cm³/mol. The van der Waals surface area contributed by atoms with Crippen LogP contribution in [0.5, 0.6) is 5.75 Å². The summed E-state index contributed by atoms with van der Waals surface area (Å²) < 4.78 is 5.90. The van der Waals surface area contributed by atoms with Crippen LogP contribution < -0.4 is 15.8 Å². The number of ether oxygens (including phenoxy) is 1. The number of nitrogens with two attached hydrogens (primary N) is 1. The maximum Gasteiger partial charge on any atom is 0.251 e. The minimum absolute atomic E-state index is 0.134. The summed E-state index contributed by atoms with van der Waals surface area (Å²) in [4.78, 5) is 12.2. The van der Waals surface area contributed by atoms with Crippen LogP contribution in [0.3, 0.4) is 0 Å². The number of rotatable bonds is 5. The molecule has 0 atom stereocenters. The van der Waals surface area contributed by atoms with Crippen LogP contribution in [0.1, 0.15) is 21.5 Å². The molecule has 0 heterocycles. The van der Waals surface area contributed by atoms with E-state index in [1.807, 2.05) is 24.3 Å². The summed E-state index contributed by atoms with van der Waals surface area (Å²) in [6, 6.07) is 13.0. The Balaban J connectivity index is 2.06. The van der Waals surface area contributed by atoms with E-state index in [0.717, 1.165) is 15.6 Å². The SMILES string of the molecule is COc1ccc(C(=O)NCc2ccccc2CN)cc1Br. The highest BCUT2D eigenvalue weighted by Gasteiger charge is 2.09. The second kappa shape index (κ2) is 7.24. The van der Waals surface area contributed by atoms with E-state index in [2.05, 4.69) is 21.2 Å². The Morgan fingerprint density at radius 3 is 2.57 bits per heavy atom. The molecule has 21 heavy (non-hydrogen) atoms. The van der Waals surface area contributed by atoms with E-state index in [0.29, 0.717) is 24.4 Å². The number of benzene rings is 2. The van der Waals surface area contributed by atoms with Crippen molar-refractivity contribution in [3.05, 3.63) is 63.6 Å². The molecule has 2 aromatic rings. The van der Waals surface area contributed by atoms with E-state index in [4.69, 9.17) is 10.5 Å². The van der Waals surface area contributed by atoms with E-state index >= 15 is 0 Å². The number of amides is 1. The van der Waals surface area contributed by atoms with Crippen LogP contribution in [0.2, 0.25) is 0 Å². The fraction of sp³-hybridized carbons (Fsp3) is 0.188. The van der Waals surface area contributed by atoms with Gasteiger partial charge in [-0.15, -0.1) is 0 Å². The van der Waals surface area contributed by atoms with Crippen molar-refractivity contribution in [3.63, 3.8) is 0 Å². The molecule has 0 aliphatic carbocycles. The molecule has 0 aliphatic rings. The number of hydrogen-bond donors (Lipinski definition) is 2. The first-order chi connectivity index (χ1) is 10.2. The first-order valence-electron chi connectivity index (χ1n) is 6.54. The van der Waals surface area contributed by atoms with Gasteiger partial charge >= 0.3 is 0 Å². The number of carbonyl (C=O) groups excluding carboxylic acids is 1. The summed E-state index contributed by atoms with van der Waals surface area (Å²) in [7, 11) is 1.59. The zero-order chi connectivity index (χ0) is 15.2. The molecule has 3 N–H and O–H groups in total. The van der Waals surface area contributed by atoms with Gasteiger partial charge in [0, 0.05) is 18.7 Å². The third-order valence-corrected chi connectivity index (χ3v) is 3.81. The van der Waals surface area contributed by atoms with Crippen LogP contribution in [-0.2, 0) is 13.1 Å². The zero-order valence-electron chi connectivity index (χ0n) is 11.7. The van der Waals surface area contributed by atoms with Crippen molar-refractivity contribution in [1.82, 2.24) is 5.32 Å². The van der Waals surface area contributed by atoms with Gasteiger partial charge in [0.25, 0.3) is 5.91 Å². The lowest BCUT2D eigenvalue weighted by atomic mass is 10.1. The molecule has 1 amide bonds. The van der Waals surface area contributed by atoms with E-state index in [-0.39, 0.29) is 5.91 Å². The van der Waals surface area contributed by atoms with Gasteiger partial charge in [-0.3, -0.25) is 4.79 Å². The van der Waals surface area contributed by atoms with Crippen molar-refractivity contribution < 1.29 is 9.53 Å². The molecule has 0 radical (unpaired) electrons. The number of halogens is 1. The number of hydrogen-bond acceptors (Lipinski definition) is 3. The highest BCUT2D eigenvalue weighted by atomic mass is 79.9. The molecular formula is C16H17BrN2O2. The average molecular weight is 349 g/mol. The van der Waals surface area contributed by atoms with Crippen molar-refractivity contribution in [2.75, 3.05) is 7.11 Å². The maximum atomic E-state index is 12.2. The van der Waals surface area contributed by atoms with Crippen molar-refractivity contribution in [1.29, 1.82) is 0 Å². The Hall–Kier alpha value is -1.85. The Kier molecular flexibility index (Phi) is 5.36. The summed E-state index contributed by atoms with van der Waals surface area (Å²) in [5, 5.41) is 2.90. The quantitative estimate of drug-likeness (QED) is 0.873. The molecule has 0 aromatic heterocycles. The minimum atomic E-state index is -0.134. The van der Waals surface area contributed by atoms with Crippen molar-refractivity contribution in [2.45, 2.75) is 13.1 Å². The van der Waals surface area contributed by atoms with E-state index < -0.39 is 0 Å². The van der Waals surface area contributed by atoms with Gasteiger partial charge in [-0.05, 0) is 45.3 Å². The third-order valence-electron chi connectivity index (χ3n) is 3.19. The molecular weight excluding hydrogens is 332 g/mol. The van der Waals surface area contributed by atoms with Gasteiger partial charge in [0.15, 0.2) is 0 Å². The van der Waals surface area contributed by atoms with Crippen molar-refractivity contribution in [3.8, 4) is 5.75 Å². The van der Waals surface area contributed by atoms with Gasteiger partial charge in [0.05, 0.1) is 11.6 Å². The lowest BCUT2D eigenvalue weighted by Crippen LogP contribution is -2.23. The van der Waals surface area contributed by atoms with Crippen molar-refractivity contribution >= 4 is 21.8 Å². The number of carbonyl (C=O) groups is 1. The molecule has 110 valence electrons. The predicted octanol–water partition coefficient (Wildman–Crippen LogP) is 2.85. The first kappa shape index (κ1) is 15.5. The summed E-state index contributed by atoms with van der Waals surface area (Å²) in [6.07, 6.45) is 0. The first-order valence-corrected chi connectivity index (χ1v) is 7.33. The molecule has 2 aromatic carbocycles. The van der Waals surface area contributed by atoms with Crippen LogP contribution in [0.4, 0.5) is 0 Å². The van der Waals surface area contributed by atoms with Crippen LogP contribution in [0, 0.1) is 0 Å². The Morgan fingerprint density at radius 2 is 1.95 bits per heavy atom. The highest BCUT2D eigenvalue weighted by molar-refractivity contribution is 9.10. The fourth-order valence-corrected chi connectivity index (χ4v) is 2.55. The largest absolute Gasteiger partial charge is 0.496 e. The Bertz CT molecular complexity index is 644. The molecule has 0 fully saturated rings.